The number of rotatable bonds is 3. The number of hydrogen-bond acceptors (Lipinski definition) is 4. The molecular weight excluding hydrogens is 276 g/mol. The average Bonchev–Trinajstić information content (AvgIpc) is 2.90. The molecule has 0 aromatic carbocycles. The smallest absolute Gasteiger partial charge is 0.133 e. The van der Waals surface area contributed by atoms with Crippen LogP contribution in [0, 0.1) is 0 Å². The molecule has 2 aromatic heterocycles. The van der Waals surface area contributed by atoms with Crippen molar-refractivity contribution in [1.29, 1.82) is 0 Å². The summed E-state index contributed by atoms with van der Waals surface area (Å²) in [7, 11) is 0. The lowest BCUT2D eigenvalue weighted by molar-refractivity contribution is 0.581. The van der Waals surface area contributed by atoms with Crippen LogP contribution in [0.25, 0.3) is 0 Å². The van der Waals surface area contributed by atoms with Crippen LogP contribution in [0.2, 0.25) is 0 Å². The van der Waals surface area contributed by atoms with Crippen molar-refractivity contribution in [3.8, 4) is 0 Å². The van der Waals surface area contributed by atoms with Crippen molar-refractivity contribution < 1.29 is 0 Å². The third-order valence-corrected chi connectivity index (χ3v) is 4.94. The monoisotopic (exact) mass is 300 g/mol. The first kappa shape index (κ1) is 13.9. The first-order valence-electron chi connectivity index (χ1n) is 8.74. The van der Waals surface area contributed by atoms with E-state index in [4.69, 9.17) is 0 Å². The number of aromatic nitrogens is 6. The van der Waals surface area contributed by atoms with Gasteiger partial charge in [-0.2, -0.15) is 0 Å². The van der Waals surface area contributed by atoms with Crippen molar-refractivity contribution in [3.63, 3.8) is 0 Å². The molecule has 0 bridgehead atoms. The largest absolute Gasteiger partial charge is 0.315 e. The van der Waals surface area contributed by atoms with Crippen LogP contribution in [-0.4, -0.2) is 29.5 Å². The Labute approximate surface area is 131 Å². The number of fused-ring (bicyclic) bond motifs is 2. The first-order valence-corrected chi connectivity index (χ1v) is 8.74. The highest BCUT2D eigenvalue weighted by atomic mass is 15.3. The molecule has 0 aliphatic carbocycles. The molecule has 0 radical (unpaired) electrons. The minimum Gasteiger partial charge on any atom is -0.315 e. The standard InChI is InChI=1S/C16H24N6/c1-3-7-13-17-19-15(21(13)11-5-1)9-10-16-20-18-14-8-4-2-6-12-22(14)16/h1-12H2. The zero-order valence-electron chi connectivity index (χ0n) is 13.2. The van der Waals surface area contributed by atoms with E-state index in [-0.39, 0.29) is 0 Å². The molecule has 0 saturated carbocycles. The summed E-state index contributed by atoms with van der Waals surface area (Å²) < 4.78 is 4.68. The molecular formula is C16H24N6. The van der Waals surface area contributed by atoms with E-state index in [1.807, 2.05) is 0 Å². The van der Waals surface area contributed by atoms with Gasteiger partial charge in [-0.25, -0.2) is 0 Å². The van der Waals surface area contributed by atoms with Crippen LogP contribution >= 0.6 is 0 Å². The highest BCUT2D eigenvalue weighted by molar-refractivity contribution is 5.03. The van der Waals surface area contributed by atoms with Crippen LogP contribution < -0.4 is 0 Å². The van der Waals surface area contributed by atoms with Crippen LogP contribution in [0.1, 0.15) is 61.8 Å². The molecule has 0 saturated heterocycles. The van der Waals surface area contributed by atoms with Crippen molar-refractivity contribution in [2.75, 3.05) is 0 Å². The number of hydrogen-bond donors (Lipinski definition) is 0. The predicted octanol–water partition coefficient (Wildman–Crippen LogP) is 2.11. The summed E-state index contributed by atoms with van der Waals surface area (Å²) in [6.07, 6.45) is 11.6. The van der Waals surface area contributed by atoms with Gasteiger partial charge in [-0.05, 0) is 25.7 Å². The molecule has 22 heavy (non-hydrogen) atoms. The normalized spacial score (nSPS) is 18.4. The van der Waals surface area contributed by atoms with E-state index < -0.39 is 0 Å². The summed E-state index contributed by atoms with van der Waals surface area (Å²) in [5, 5.41) is 17.6. The van der Waals surface area contributed by atoms with Gasteiger partial charge in [0.1, 0.15) is 23.3 Å². The molecule has 6 heteroatoms. The maximum Gasteiger partial charge on any atom is 0.133 e. The number of nitrogens with zero attached hydrogens (tertiary/aromatic N) is 6. The van der Waals surface area contributed by atoms with Gasteiger partial charge in [-0.3, -0.25) is 0 Å². The van der Waals surface area contributed by atoms with E-state index >= 15 is 0 Å². The lowest BCUT2D eigenvalue weighted by Crippen LogP contribution is -2.10. The fraction of sp³-hybridized carbons (Fsp3) is 0.750. The maximum absolute atomic E-state index is 4.43. The molecule has 2 aliphatic heterocycles. The third kappa shape index (κ3) is 2.66. The van der Waals surface area contributed by atoms with Crippen LogP contribution in [0.4, 0.5) is 0 Å². The molecule has 0 spiro atoms. The lowest BCUT2D eigenvalue weighted by atomic mass is 10.2. The van der Waals surface area contributed by atoms with E-state index in [0.29, 0.717) is 0 Å². The molecule has 0 unspecified atom stereocenters. The third-order valence-electron chi connectivity index (χ3n) is 4.94. The van der Waals surface area contributed by atoms with E-state index in [0.717, 1.165) is 50.4 Å². The van der Waals surface area contributed by atoms with Gasteiger partial charge in [0.25, 0.3) is 0 Å². The van der Waals surface area contributed by atoms with Crippen molar-refractivity contribution in [1.82, 2.24) is 29.5 Å². The molecule has 2 aliphatic rings. The minimum atomic E-state index is 0.922. The maximum atomic E-state index is 4.43. The Morgan fingerprint density at radius 3 is 1.59 bits per heavy atom. The summed E-state index contributed by atoms with van der Waals surface area (Å²) in [6, 6.07) is 0. The first-order chi connectivity index (χ1) is 10.9. The minimum absolute atomic E-state index is 0.922. The van der Waals surface area contributed by atoms with Crippen molar-refractivity contribution in [3.05, 3.63) is 23.3 Å². The summed E-state index contributed by atoms with van der Waals surface area (Å²) >= 11 is 0. The Hall–Kier alpha value is -1.72. The average molecular weight is 300 g/mol. The molecule has 0 atom stereocenters. The second kappa shape index (κ2) is 6.18. The van der Waals surface area contributed by atoms with Gasteiger partial charge in [-0.1, -0.05) is 12.8 Å². The summed E-state index contributed by atoms with van der Waals surface area (Å²) in [5.74, 6) is 4.60. The van der Waals surface area contributed by atoms with E-state index in [2.05, 4.69) is 29.5 Å². The topological polar surface area (TPSA) is 61.4 Å². The molecule has 118 valence electrons. The SMILES string of the molecule is C1CCc2nnc(CCc3nnc4n3CCCCC4)n2CC1. The van der Waals surface area contributed by atoms with E-state index in [9.17, 15) is 0 Å². The molecule has 0 amide bonds. The quantitative estimate of drug-likeness (QED) is 0.871. The van der Waals surface area contributed by atoms with E-state index in [1.165, 1.54) is 50.2 Å². The second-order valence-electron chi connectivity index (χ2n) is 6.49. The summed E-state index contributed by atoms with van der Waals surface area (Å²) in [6.45, 7) is 2.16. The summed E-state index contributed by atoms with van der Waals surface area (Å²) in [5.41, 5.74) is 0. The van der Waals surface area contributed by atoms with Gasteiger partial charge in [0, 0.05) is 38.8 Å². The lowest BCUT2D eigenvalue weighted by Gasteiger charge is -2.08. The highest BCUT2D eigenvalue weighted by Gasteiger charge is 2.17. The van der Waals surface area contributed by atoms with Gasteiger partial charge >= 0.3 is 0 Å². The second-order valence-corrected chi connectivity index (χ2v) is 6.49. The van der Waals surface area contributed by atoms with Crippen molar-refractivity contribution in [2.24, 2.45) is 0 Å². The molecule has 4 heterocycles. The Bertz CT molecular complexity index is 585. The van der Waals surface area contributed by atoms with Crippen LogP contribution in [-0.2, 0) is 38.8 Å². The van der Waals surface area contributed by atoms with Crippen LogP contribution in [0.15, 0.2) is 0 Å². The zero-order valence-corrected chi connectivity index (χ0v) is 13.2. The molecule has 4 rings (SSSR count). The molecule has 0 N–H and O–H groups in total. The molecule has 2 aromatic rings. The number of aryl methyl sites for hydroxylation is 4. The van der Waals surface area contributed by atoms with Gasteiger partial charge in [0.05, 0.1) is 0 Å². The zero-order chi connectivity index (χ0) is 14.8. The Morgan fingerprint density at radius 1 is 0.591 bits per heavy atom. The fourth-order valence-corrected chi connectivity index (χ4v) is 3.68. The van der Waals surface area contributed by atoms with Crippen molar-refractivity contribution in [2.45, 2.75) is 77.3 Å². The molecule has 6 nitrogen and oxygen atoms in total. The Kier molecular flexibility index (Phi) is 3.91. The highest BCUT2D eigenvalue weighted by Crippen LogP contribution is 2.17. The Morgan fingerprint density at radius 2 is 1.09 bits per heavy atom. The fourth-order valence-electron chi connectivity index (χ4n) is 3.68. The predicted molar refractivity (Wildman–Crippen MR) is 82.6 cm³/mol. The van der Waals surface area contributed by atoms with Crippen LogP contribution in [0.3, 0.4) is 0 Å². The van der Waals surface area contributed by atoms with Gasteiger partial charge in [0.15, 0.2) is 0 Å². The van der Waals surface area contributed by atoms with Crippen molar-refractivity contribution >= 4 is 0 Å². The summed E-state index contributed by atoms with van der Waals surface area (Å²) in [4.78, 5) is 0. The van der Waals surface area contributed by atoms with Gasteiger partial charge < -0.3 is 9.13 Å². The van der Waals surface area contributed by atoms with E-state index in [1.54, 1.807) is 0 Å². The van der Waals surface area contributed by atoms with Crippen LogP contribution in [0.5, 0.6) is 0 Å². The van der Waals surface area contributed by atoms with Gasteiger partial charge in [0.2, 0.25) is 0 Å². The van der Waals surface area contributed by atoms with Gasteiger partial charge in [-0.15, -0.1) is 20.4 Å². The Balaban J connectivity index is 1.49. The molecule has 0 fully saturated rings.